The summed E-state index contributed by atoms with van der Waals surface area (Å²) < 4.78 is 10.7. The lowest BCUT2D eigenvalue weighted by molar-refractivity contribution is -0.116. The third-order valence-corrected chi connectivity index (χ3v) is 4.32. The van der Waals surface area contributed by atoms with E-state index in [0.29, 0.717) is 32.5 Å². The van der Waals surface area contributed by atoms with Crippen LogP contribution in [0.15, 0.2) is 46.9 Å². The first kappa shape index (κ1) is 19.1. The van der Waals surface area contributed by atoms with Crippen molar-refractivity contribution in [1.29, 1.82) is 0 Å². The fourth-order valence-corrected chi connectivity index (χ4v) is 2.92. The van der Waals surface area contributed by atoms with Gasteiger partial charge < -0.3 is 19.4 Å². The molecule has 0 aliphatic rings. The Morgan fingerprint density at radius 2 is 1.81 bits per heavy atom. The number of furan rings is 1. The van der Waals surface area contributed by atoms with Crippen molar-refractivity contribution in [2.75, 3.05) is 26.0 Å². The Kier molecular flexibility index (Phi) is 5.58. The summed E-state index contributed by atoms with van der Waals surface area (Å²) in [5.74, 6) is -0.222. The van der Waals surface area contributed by atoms with Crippen LogP contribution in [-0.4, -0.2) is 37.4 Å². The molecule has 1 heterocycles. The fraction of sp³-hybridized carbons (Fsp3) is 0.158. The predicted molar refractivity (Wildman–Crippen MR) is 105 cm³/mol. The molecule has 8 heteroatoms. The highest BCUT2D eigenvalue weighted by atomic mass is 35.5. The van der Waals surface area contributed by atoms with Crippen LogP contribution in [0, 0.1) is 0 Å². The van der Waals surface area contributed by atoms with Crippen LogP contribution in [0.3, 0.4) is 0 Å². The first-order valence-electron chi connectivity index (χ1n) is 7.95. The summed E-state index contributed by atoms with van der Waals surface area (Å²) in [4.78, 5) is 26.1. The number of carbonyl (C=O) groups excluding carboxylic acids is 2. The maximum absolute atomic E-state index is 12.5. The smallest absolute Gasteiger partial charge is 0.289 e. The maximum Gasteiger partial charge on any atom is 0.289 e. The quantitative estimate of drug-likeness (QED) is 0.678. The van der Waals surface area contributed by atoms with Crippen LogP contribution in [0.1, 0.15) is 10.6 Å². The van der Waals surface area contributed by atoms with Crippen LogP contribution in [0.25, 0.3) is 11.0 Å². The number of fused-ring (bicyclic) bond motifs is 1. The number of halogens is 2. The molecule has 140 valence electrons. The van der Waals surface area contributed by atoms with Gasteiger partial charge in [0.25, 0.3) is 5.91 Å². The molecule has 0 unspecified atom stereocenters. The average Bonchev–Trinajstić information content (AvgIpc) is 3.04. The topological polar surface area (TPSA) is 71.8 Å². The van der Waals surface area contributed by atoms with E-state index in [9.17, 15) is 9.59 Å². The minimum atomic E-state index is -0.421. The molecule has 0 spiro atoms. The highest BCUT2D eigenvalue weighted by molar-refractivity contribution is 6.31. The molecule has 2 amide bonds. The van der Waals surface area contributed by atoms with E-state index in [4.69, 9.17) is 32.4 Å². The molecule has 0 bridgehead atoms. The lowest BCUT2D eigenvalue weighted by atomic mass is 10.2. The molecule has 3 aromatic rings. The number of benzene rings is 2. The largest absolute Gasteiger partial charge is 0.495 e. The van der Waals surface area contributed by atoms with Gasteiger partial charge in [0.15, 0.2) is 5.76 Å². The molecular formula is C19H16Cl2N2O4. The number of ether oxygens (including phenoxy) is 1. The zero-order chi connectivity index (χ0) is 19.6. The molecule has 3 rings (SSSR count). The first-order chi connectivity index (χ1) is 12.9. The number of anilines is 1. The Morgan fingerprint density at radius 3 is 2.56 bits per heavy atom. The molecule has 2 aromatic carbocycles. The van der Waals surface area contributed by atoms with Gasteiger partial charge >= 0.3 is 0 Å². The lowest BCUT2D eigenvalue weighted by Crippen LogP contribution is -2.34. The van der Waals surface area contributed by atoms with Crippen LogP contribution in [0.2, 0.25) is 10.0 Å². The second-order valence-corrected chi connectivity index (χ2v) is 6.72. The molecule has 1 aromatic heterocycles. The van der Waals surface area contributed by atoms with E-state index < -0.39 is 11.8 Å². The molecule has 0 saturated heterocycles. The monoisotopic (exact) mass is 406 g/mol. The van der Waals surface area contributed by atoms with Gasteiger partial charge in [-0.05, 0) is 42.5 Å². The second kappa shape index (κ2) is 7.90. The molecule has 0 saturated carbocycles. The SMILES string of the molecule is COc1ccc(Cl)cc1NC(=O)CN(C)C(=O)c1cc2cc(Cl)ccc2o1. The van der Waals surface area contributed by atoms with Crippen molar-refractivity contribution in [1.82, 2.24) is 4.90 Å². The van der Waals surface area contributed by atoms with Crippen molar-refractivity contribution in [2.24, 2.45) is 0 Å². The molecule has 6 nitrogen and oxygen atoms in total. The van der Waals surface area contributed by atoms with E-state index in [1.165, 1.54) is 19.1 Å². The minimum absolute atomic E-state index is 0.128. The zero-order valence-electron chi connectivity index (χ0n) is 14.6. The van der Waals surface area contributed by atoms with Gasteiger partial charge in [0, 0.05) is 22.5 Å². The minimum Gasteiger partial charge on any atom is -0.495 e. The van der Waals surface area contributed by atoms with Gasteiger partial charge in [-0.2, -0.15) is 0 Å². The maximum atomic E-state index is 12.5. The highest BCUT2D eigenvalue weighted by Gasteiger charge is 2.20. The van der Waals surface area contributed by atoms with Crippen molar-refractivity contribution in [2.45, 2.75) is 0 Å². The Labute approximate surface area is 165 Å². The molecule has 0 radical (unpaired) electrons. The molecule has 0 atom stereocenters. The van der Waals surface area contributed by atoms with E-state index in [0.717, 1.165) is 0 Å². The summed E-state index contributed by atoms with van der Waals surface area (Å²) in [5.41, 5.74) is 0.971. The van der Waals surface area contributed by atoms with Crippen LogP contribution >= 0.6 is 23.2 Å². The summed E-state index contributed by atoms with van der Waals surface area (Å²) in [6.07, 6.45) is 0. The Bertz CT molecular complexity index is 1020. The Balaban J connectivity index is 1.70. The standard InChI is InChI=1S/C19H16Cl2N2O4/c1-23(10-18(24)22-14-9-13(21)4-6-16(14)26-2)19(25)17-8-11-7-12(20)3-5-15(11)27-17/h3-9H,10H2,1-2H3,(H,22,24). The number of nitrogens with one attached hydrogen (secondary N) is 1. The first-order valence-corrected chi connectivity index (χ1v) is 8.71. The number of hydrogen-bond acceptors (Lipinski definition) is 4. The number of likely N-dealkylation sites (N-methyl/N-ethyl adjacent to an activating group) is 1. The van der Waals surface area contributed by atoms with E-state index in [1.807, 2.05) is 0 Å². The van der Waals surface area contributed by atoms with Crippen LogP contribution in [-0.2, 0) is 4.79 Å². The van der Waals surface area contributed by atoms with Crippen molar-refractivity contribution in [3.8, 4) is 5.75 Å². The Morgan fingerprint density at radius 1 is 1.11 bits per heavy atom. The highest BCUT2D eigenvalue weighted by Crippen LogP contribution is 2.28. The van der Waals surface area contributed by atoms with Gasteiger partial charge in [-0.3, -0.25) is 9.59 Å². The third kappa shape index (κ3) is 4.35. The van der Waals surface area contributed by atoms with Crippen molar-refractivity contribution >= 4 is 51.7 Å². The van der Waals surface area contributed by atoms with Crippen LogP contribution < -0.4 is 10.1 Å². The lowest BCUT2D eigenvalue weighted by Gasteiger charge is -2.16. The number of hydrogen-bond donors (Lipinski definition) is 1. The third-order valence-electron chi connectivity index (χ3n) is 3.85. The van der Waals surface area contributed by atoms with Crippen molar-refractivity contribution in [3.63, 3.8) is 0 Å². The molecule has 27 heavy (non-hydrogen) atoms. The number of rotatable bonds is 5. The van der Waals surface area contributed by atoms with Crippen LogP contribution in [0.5, 0.6) is 5.75 Å². The van der Waals surface area contributed by atoms with E-state index in [-0.39, 0.29) is 12.3 Å². The second-order valence-electron chi connectivity index (χ2n) is 5.85. The van der Waals surface area contributed by atoms with E-state index >= 15 is 0 Å². The van der Waals surface area contributed by atoms with Crippen molar-refractivity contribution in [3.05, 3.63) is 58.3 Å². The summed E-state index contributed by atoms with van der Waals surface area (Å²) in [6.45, 7) is -0.174. The van der Waals surface area contributed by atoms with E-state index in [2.05, 4.69) is 5.32 Å². The molecule has 0 aliphatic carbocycles. The summed E-state index contributed by atoms with van der Waals surface area (Å²) in [7, 11) is 3.00. The number of amides is 2. The molecule has 1 N–H and O–H groups in total. The normalized spacial score (nSPS) is 10.7. The molecule has 0 aliphatic heterocycles. The van der Waals surface area contributed by atoms with Gasteiger partial charge in [0.1, 0.15) is 11.3 Å². The van der Waals surface area contributed by atoms with Crippen molar-refractivity contribution < 1.29 is 18.7 Å². The number of nitrogens with zero attached hydrogens (tertiary/aromatic N) is 1. The van der Waals surface area contributed by atoms with Gasteiger partial charge in [-0.1, -0.05) is 23.2 Å². The van der Waals surface area contributed by atoms with Gasteiger partial charge in [0.2, 0.25) is 5.91 Å². The van der Waals surface area contributed by atoms with E-state index in [1.54, 1.807) is 42.5 Å². The zero-order valence-corrected chi connectivity index (χ0v) is 16.1. The van der Waals surface area contributed by atoms with Gasteiger partial charge in [-0.25, -0.2) is 0 Å². The summed E-state index contributed by atoms with van der Waals surface area (Å²) in [5, 5.41) is 4.40. The van der Waals surface area contributed by atoms with Gasteiger partial charge in [0.05, 0.1) is 19.3 Å². The predicted octanol–water partition coefficient (Wildman–Crippen LogP) is 4.46. The molecular weight excluding hydrogens is 391 g/mol. The van der Waals surface area contributed by atoms with Gasteiger partial charge in [-0.15, -0.1) is 0 Å². The average molecular weight is 407 g/mol. The van der Waals surface area contributed by atoms with Crippen LogP contribution in [0.4, 0.5) is 5.69 Å². The fourth-order valence-electron chi connectivity index (χ4n) is 2.56. The molecule has 0 fully saturated rings. The summed E-state index contributed by atoms with van der Waals surface area (Å²) >= 11 is 11.9. The Hall–Kier alpha value is -2.70. The summed E-state index contributed by atoms with van der Waals surface area (Å²) in [6, 6.07) is 11.5. The number of methoxy groups -OCH3 is 1. The number of carbonyl (C=O) groups is 2.